The highest BCUT2D eigenvalue weighted by Crippen LogP contribution is 2.36. The normalized spacial score (nSPS) is 31.6. The molecular weight excluding hydrogens is 208 g/mol. The van der Waals surface area contributed by atoms with Gasteiger partial charge in [0.15, 0.2) is 0 Å². The Morgan fingerprint density at radius 3 is 2.41 bits per heavy atom. The van der Waals surface area contributed by atoms with Crippen molar-refractivity contribution in [3.8, 4) is 0 Å². The van der Waals surface area contributed by atoms with E-state index < -0.39 is 0 Å². The van der Waals surface area contributed by atoms with E-state index in [4.69, 9.17) is 0 Å². The van der Waals surface area contributed by atoms with Crippen molar-refractivity contribution in [3.05, 3.63) is 0 Å². The van der Waals surface area contributed by atoms with Gasteiger partial charge < -0.3 is 5.32 Å². The number of nitrogens with zero attached hydrogens (tertiary/aromatic N) is 1. The molecule has 2 aliphatic rings. The zero-order chi connectivity index (χ0) is 12.3. The molecule has 0 amide bonds. The highest BCUT2D eigenvalue weighted by molar-refractivity contribution is 4.94. The van der Waals surface area contributed by atoms with Crippen molar-refractivity contribution < 1.29 is 0 Å². The Bertz CT molecular complexity index is 231. The Hall–Kier alpha value is -0.0800. The molecule has 100 valence electrons. The molecule has 1 saturated heterocycles. The number of rotatable bonds is 3. The van der Waals surface area contributed by atoms with Crippen molar-refractivity contribution >= 4 is 0 Å². The summed E-state index contributed by atoms with van der Waals surface area (Å²) in [7, 11) is 2.08. The van der Waals surface area contributed by atoms with Crippen molar-refractivity contribution in [1.29, 1.82) is 0 Å². The molecule has 1 saturated carbocycles. The maximum absolute atomic E-state index is 3.35. The first-order valence-corrected chi connectivity index (χ1v) is 7.55. The molecule has 1 aliphatic carbocycles. The van der Waals surface area contributed by atoms with Gasteiger partial charge in [0, 0.05) is 11.6 Å². The molecule has 0 radical (unpaired) electrons. The van der Waals surface area contributed by atoms with Gasteiger partial charge >= 0.3 is 0 Å². The van der Waals surface area contributed by atoms with Crippen LogP contribution in [0.25, 0.3) is 0 Å². The van der Waals surface area contributed by atoms with E-state index in [-0.39, 0.29) is 0 Å². The number of likely N-dealkylation sites (tertiary alicyclic amines) is 1. The van der Waals surface area contributed by atoms with E-state index in [9.17, 15) is 0 Å². The van der Waals surface area contributed by atoms with Gasteiger partial charge in [-0.15, -0.1) is 0 Å². The monoisotopic (exact) mass is 238 g/mol. The molecule has 2 nitrogen and oxygen atoms in total. The summed E-state index contributed by atoms with van der Waals surface area (Å²) in [4.78, 5) is 2.83. The van der Waals surface area contributed by atoms with E-state index in [1.807, 2.05) is 0 Å². The van der Waals surface area contributed by atoms with Crippen LogP contribution < -0.4 is 5.32 Å². The zero-order valence-corrected chi connectivity index (χ0v) is 12.0. The van der Waals surface area contributed by atoms with E-state index in [0.717, 1.165) is 12.0 Å². The van der Waals surface area contributed by atoms with E-state index in [1.165, 1.54) is 58.0 Å². The van der Waals surface area contributed by atoms with Gasteiger partial charge in [-0.2, -0.15) is 0 Å². The molecule has 2 fully saturated rings. The highest BCUT2D eigenvalue weighted by atomic mass is 15.2. The molecule has 1 unspecified atom stereocenters. The van der Waals surface area contributed by atoms with E-state index >= 15 is 0 Å². The smallest absolute Gasteiger partial charge is 0.0159 e. The number of piperidine rings is 1. The Morgan fingerprint density at radius 2 is 1.82 bits per heavy atom. The van der Waals surface area contributed by atoms with Gasteiger partial charge in [-0.3, -0.25) is 4.90 Å². The highest BCUT2D eigenvalue weighted by Gasteiger charge is 2.38. The van der Waals surface area contributed by atoms with Gasteiger partial charge in [0.1, 0.15) is 0 Å². The fourth-order valence-electron chi connectivity index (χ4n) is 4.08. The molecule has 0 aromatic carbocycles. The molecule has 1 heterocycles. The van der Waals surface area contributed by atoms with Crippen LogP contribution in [0.3, 0.4) is 0 Å². The van der Waals surface area contributed by atoms with Crippen LogP contribution >= 0.6 is 0 Å². The number of nitrogens with one attached hydrogen (secondary N) is 1. The summed E-state index contributed by atoms with van der Waals surface area (Å²) in [6, 6.07) is 0.884. The molecule has 0 bridgehead atoms. The summed E-state index contributed by atoms with van der Waals surface area (Å²) < 4.78 is 0. The lowest BCUT2D eigenvalue weighted by atomic mass is 9.79. The predicted octanol–water partition coefficient (Wildman–Crippen LogP) is 3.03. The van der Waals surface area contributed by atoms with Crippen molar-refractivity contribution in [2.24, 2.45) is 5.92 Å². The van der Waals surface area contributed by atoms with Gasteiger partial charge in [0.2, 0.25) is 0 Å². The number of hydrogen-bond acceptors (Lipinski definition) is 2. The molecule has 1 atom stereocenters. The summed E-state index contributed by atoms with van der Waals surface area (Å²) in [5, 5.41) is 3.35. The lowest BCUT2D eigenvalue weighted by Gasteiger charge is -2.50. The average molecular weight is 238 g/mol. The Morgan fingerprint density at radius 1 is 1.12 bits per heavy atom. The SMILES string of the molecule is CNCC1CCN(C2CCCCC2)C(C)(C)C1. The lowest BCUT2D eigenvalue weighted by molar-refractivity contribution is -0.00314. The van der Waals surface area contributed by atoms with Gasteiger partial charge in [-0.1, -0.05) is 19.3 Å². The van der Waals surface area contributed by atoms with E-state index in [2.05, 4.69) is 31.1 Å². The summed E-state index contributed by atoms with van der Waals surface area (Å²) in [6.45, 7) is 7.44. The molecule has 2 rings (SSSR count). The molecule has 1 aliphatic heterocycles. The van der Waals surface area contributed by atoms with E-state index in [1.54, 1.807) is 0 Å². The minimum Gasteiger partial charge on any atom is -0.319 e. The molecule has 17 heavy (non-hydrogen) atoms. The first-order valence-electron chi connectivity index (χ1n) is 7.55. The van der Waals surface area contributed by atoms with Gasteiger partial charge in [-0.05, 0) is 65.6 Å². The van der Waals surface area contributed by atoms with Crippen LogP contribution in [0.4, 0.5) is 0 Å². The first kappa shape index (κ1) is 13.4. The van der Waals surface area contributed by atoms with Crippen LogP contribution in [0.5, 0.6) is 0 Å². The maximum atomic E-state index is 3.35. The van der Waals surface area contributed by atoms with Crippen molar-refractivity contribution in [3.63, 3.8) is 0 Å². The summed E-state index contributed by atoms with van der Waals surface area (Å²) >= 11 is 0. The van der Waals surface area contributed by atoms with Crippen molar-refractivity contribution in [1.82, 2.24) is 10.2 Å². The third kappa shape index (κ3) is 3.23. The Balaban J connectivity index is 1.94. The fraction of sp³-hybridized carbons (Fsp3) is 1.00. The third-order valence-electron chi connectivity index (χ3n) is 4.85. The van der Waals surface area contributed by atoms with Gasteiger partial charge in [-0.25, -0.2) is 0 Å². The largest absolute Gasteiger partial charge is 0.319 e. The fourth-order valence-corrected chi connectivity index (χ4v) is 4.08. The average Bonchev–Trinajstić information content (AvgIpc) is 2.29. The van der Waals surface area contributed by atoms with Crippen LogP contribution in [0.1, 0.15) is 58.8 Å². The van der Waals surface area contributed by atoms with Crippen LogP contribution in [0, 0.1) is 5.92 Å². The minimum atomic E-state index is 0.418. The third-order valence-corrected chi connectivity index (χ3v) is 4.85. The topological polar surface area (TPSA) is 15.3 Å². The van der Waals surface area contributed by atoms with Crippen LogP contribution in [-0.4, -0.2) is 36.6 Å². The maximum Gasteiger partial charge on any atom is 0.0159 e. The van der Waals surface area contributed by atoms with Gasteiger partial charge in [0.25, 0.3) is 0 Å². The van der Waals surface area contributed by atoms with Crippen LogP contribution in [-0.2, 0) is 0 Å². The summed E-state index contributed by atoms with van der Waals surface area (Å²) in [6.07, 6.45) is 10.0. The van der Waals surface area contributed by atoms with Gasteiger partial charge in [0.05, 0.1) is 0 Å². The summed E-state index contributed by atoms with van der Waals surface area (Å²) in [5.74, 6) is 0.884. The number of hydrogen-bond donors (Lipinski definition) is 1. The molecule has 1 N–H and O–H groups in total. The van der Waals surface area contributed by atoms with E-state index in [0.29, 0.717) is 5.54 Å². The second-order valence-corrected chi connectivity index (χ2v) is 6.71. The predicted molar refractivity (Wildman–Crippen MR) is 74.3 cm³/mol. The lowest BCUT2D eigenvalue weighted by Crippen LogP contribution is -2.55. The standard InChI is InChI=1S/C15H30N2/c1-15(2)11-13(12-16-3)9-10-17(15)14-7-5-4-6-8-14/h13-14,16H,4-12H2,1-3H3. The Labute approximate surface area is 107 Å². The van der Waals surface area contributed by atoms with Crippen molar-refractivity contribution in [2.75, 3.05) is 20.1 Å². The van der Waals surface area contributed by atoms with Crippen LogP contribution in [0.2, 0.25) is 0 Å². The zero-order valence-electron chi connectivity index (χ0n) is 12.0. The Kier molecular flexibility index (Phi) is 4.48. The minimum absolute atomic E-state index is 0.418. The molecular formula is C15H30N2. The first-order chi connectivity index (χ1) is 8.13. The van der Waals surface area contributed by atoms with Crippen LogP contribution in [0.15, 0.2) is 0 Å². The second kappa shape index (κ2) is 5.71. The molecule has 0 aromatic rings. The quantitative estimate of drug-likeness (QED) is 0.813. The molecule has 2 heteroatoms. The summed E-state index contributed by atoms with van der Waals surface area (Å²) in [5.41, 5.74) is 0.418. The second-order valence-electron chi connectivity index (χ2n) is 6.71. The molecule has 0 spiro atoms. The van der Waals surface area contributed by atoms with Crippen molar-refractivity contribution in [2.45, 2.75) is 70.4 Å². The molecule has 0 aromatic heterocycles.